The first-order valence-corrected chi connectivity index (χ1v) is 12.8. The van der Waals surface area contributed by atoms with Gasteiger partial charge in [-0.05, 0) is 83.0 Å². The van der Waals surface area contributed by atoms with Gasteiger partial charge in [-0.1, -0.05) is 0 Å². The zero-order valence-electron chi connectivity index (χ0n) is 22.9. The van der Waals surface area contributed by atoms with Crippen LogP contribution in [0.4, 0.5) is 29.5 Å². The number of hydrogen-bond acceptors (Lipinski definition) is 7. The molecule has 3 N–H and O–H groups in total. The van der Waals surface area contributed by atoms with Gasteiger partial charge in [-0.2, -0.15) is 13.2 Å². The number of anilines is 2. The summed E-state index contributed by atoms with van der Waals surface area (Å²) in [4.78, 5) is 23.1. The van der Waals surface area contributed by atoms with Crippen molar-refractivity contribution in [1.82, 2.24) is 14.9 Å². The number of nitrogens with two attached hydrogens (primary N) is 1. The monoisotopic (exact) mass is 545 g/mol. The molecule has 3 aromatic rings. The highest BCUT2D eigenvalue weighted by molar-refractivity contribution is 5.91. The molecule has 1 fully saturated rings. The van der Waals surface area contributed by atoms with Crippen molar-refractivity contribution in [1.29, 1.82) is 0 Å². The summed E-state index contributed by atoms with van der Waals surface area (Å²) in [5.74, 6) is 1.59. The van der Waals surface area contributed by atoms with Gasteiger partial charge >= 0.3 is 12.3 Å². The molecule has 0 aliphatic carbocycles. The largest absolute Gasteiger partial charge is 0.488 e. The van der Waals surface area contributed by atoms with E-state index in [0.29, 0.717) is 53.4 Å². The molecule has 8 nitrogen and oxygen atoms in total. The Morgan fingerprint density at radius 1 is 1.13 bits per heavy atom. The van der Waals surface area contributed by atoms with Gasteiger partial charge in [-0.15, -0.1) is 0 Å². The van der Waals surface area contributed by atoms with Crippen LogP contribution in [0.5, 0.6) is 5.75 Å². The van der Waals surface area contributed by atoms with Crippen molar-refractivity contribution in [3.05, 3.63) is 52.8 Å². The van der Waals surface area contributed by atoms with Crippen molar-refractivity contribution >= 4 is 28.5 Å². The highest BCUT2D eigenvalue weighted by Crippen LogP contribution is 2.35. The van der Waals surface area contributed by atoms with Gasteiger partial charge in [0.05, 0.1) is 23.7 Å². The number of carbonyl (C=O) groups excluding carboxylic acids is 1. The van der Waals surface area contributed by atoms with Gasteiger partial charge in [0.1, 0.15) is 29.1 Å². The molecule has 0 bridgehead atoms. The topological polar surface area (TPSA) is 103 Å². The maximum atomic E-state index is 13.4. The van der Waals surface area contributed by atoms with Gasteiger partial charge in [-0.25, -0.2) is 14.8 Å². The molecule has 1 aliphatic heterocycles. The molecular weight excluding hydrogens is 511 g/mol. The highest BCUT2D eigenvalue weighted by Gasteiger charge is 2.32. The molecule has 0 spiro atoms. The number of alkyl halides is 3. The normalized spacial score (nSPS) is 16.8. The Kier molecular flexibility index (Phi) is 7.55. The fourth-order valence-corrected chi connectivity index (χ4v) is 4.49. The Morgan fingerprint density at radius 2 is 1.85 bits per heavy atom. The maximum Gasteiger partial charge on any atom is 0.416 e. The van der Waals surface area contributed by atoms with E-state index in [2.05, 4.69) is 15.3 Å². The molecule has 0 radical (unpaired) electrons. The molecular formula is C28H34F3N5O3. The second-order valence-corrected chi connectivity index (χ2v) is 11.0. The number of ether oxygens (including phenoxy) is 2. The number of fused-ring (bicyclic) bond motifs is 1. The van der Waals surface area contributed by atoms with E-state index in [1.165, 1.54) is 6.07 Å². The molecule has 2 atom stereocenters. The average molecular weight is 546 g/mol. The lowest BCUT2D eigenvalue weighted by Gasteiger charge is -2.24. The van der Waals surface area contributed by atoms with Crippen LogP contribution in [0.2, 0.25) is 0 Å². The molecule has 0 saturated carbocycles. The molecule has 1 amide bonds. The van der Waals surface area contributed by atoms with Gasteiger partial charge in [0.15, 0.2) is 0 Å². The molecule has 1 aromatic heterocycles. The molecule has 4 rings (SSSR count). The Hall–Kier alpha value is -3.76. The average Bonchev–Trinajstić information content (AvgIpc) is 3.26. The summed E-state index contributed by atoms with van der Waals surface area (Å²) in [5, 5.41) is 3.89. The van der Waals surface area contributed by atoms with Crippen molar-refractivity contribution < 1.29 is 27.4 Å². The zero-order valence-corrected chi connectivity index (χ0v) is 22.9. The third-order valence-corrected chi connectivity index (χ3v) is 6.35. The maximum absolute atomic E-state index is 13.4. The Labute approximate surface area is 225 Å². The number of likely N-dealkylation sites (tertiary alicyclic amines) is 1. The van der Waals surface area contributed by atoms with Crippen molar-refractivity contribution in [3.8, 4) is 5.75 Å². The van der Waals surface area contributed by atoms with Crippen LogP contribution in [-0.4, -0.2) is 45.8 Å². The molecule has 1 saturated heterocycles. The van der Waals surface area contributed by atoms with Crippen molar-refractivity contribution in [2.45, 2.75) is 71.9 Å². The number of halogens is 3. The van der Waals surface area contributed by atoms with Crippen molar-refractivity contribution in [3.63, 3.8) is 0 Å². The van der Waals surface area contributed by atoms with Gasteiger partial charge in [0.25, 0.3) is 0 Å². The van der Waals surface area contributed by atoms with Crippen LogP contribution in [0.1, 0.15) is 62.7 Å². The van der Waals surface area contributed by atoms with E-state index >= 15 is 0 Å². The smallest absolute Gasteiger partial charge is 0.416 e. The number of hydrogen-bond donors (Lipinski definition) is 2. The van der Waals surface area contributed by atoms with Crippen molar-refractivity contribution in [2.24, 2.45) is 0 Å². The summed E-state index contributed by atoms with van der Waals surface area (Å²) < 4.78 is 51.8. The van der Waals surface area contributed by atoms with Crippen LogP contribution in [0.25, 0.3) is 10.9 Å². The lowest BCUT2D eigenvalue weighted by Crippen LogP contribution is -2.36. The molecule has 2 heterocycles. The molecule has 1 aliphatic rings. The number of carbonyl (C=O) groups is 1. The van der Waals surface area contributed by atoms with E-state index < -0.39 is 23.4 Å². The molecule has 11 heteroatoms. The number of amides is 1. The van der Waals surface area contributed by atoms with Crippen LogP contribution < -0.4 is 15.8 Å². The highest BCUT2D eigenvalue weighted by atomic mass is 19.4. The standard InChI is InChI=1S/C28H34F3N5O3/c1-15-9-23-22(13-24(15)38-21-7-8-36(14-21)26(37)39-27(4,5)6)25(35-17(3)34-23)33-16(2)18-10-19(28(29,30)31)12-20(32)11-18/h9-13,16,21H,7-8,14,32H2,1-6H3,(H,33,34,35)/t16-,21+/m1/s1. The first-order valence-electron chi connectivity index (χ1n) is 12.8. The summed E-state index contributed by atoms with van der Waals surface area (Å²) in [6.45, 7) is 11.8. The van der Waals surface area contributed by atoms with Gasteiger partial charge in [0.2, 0.25) is 0 Å². The van der Waals surface area contributed by atoms with Gasteiger partial charge in [-0.3, -0.25) is 0 Å². The van der Waals surface area contributed by atoms with Crippen LogP contribution >= 0.6 is 0 Å². The number of aryl methyl sites for hydroxylation is 2. The van der Waals surface area contributed by atoms with Crippen LogP contribution in [0, 0.1) is 13.8 Å². The Morgan fingerprint density at radius 3 is 2.51 bits per heavy atom. The second kappa shape index (κ2) is 10.4. The van der Waals surface area contributed by atoms with Crippen LogP contribution in [0.15, 0.2) is 30.3 Å². The minimum Gasteiger partial charge on any atom is -0.488 e. The van der Waals surface area contributed by atoms with E-state index in [1.54, 1.807) is 18.7 Å². The van der Waals surface area contributed by atoms with Crippen molar-refractivity contribution in [2.75, 3.05) is 24.1 Å². The number of rotatable bonds is 5. The van der Waals surface area contributed by atoms with Crippen LogP contribution in [0.3, 0.4) is 0 Å². The first kappa shape index (κ1) is 28.3. The molecule has 2 aromatic carbocycles. The van der Waals surface area contributed by atoms with Gasteiger partial charge in [0, 0.05) is 24.0 Å². The lowest BCUT2D eigenvalue weighted by molar-refractivity contribution is -0.137. The minimum absolute atomic E-state index is 0.0282. The van der Waals surface area contributed by atoms with Gasteiger partial charge < -0.3 is 25.4 Å². The number of nitrogens with one attached hydrogen (secondary N) is 1. The summed E-state index contributed by atoms with van der Waals surface area (Å²) in [7, 11) is 0. The lowest BCUT2D eigenvalue weighted by atomic mass is 10.0. The number of nitrogens with zero attached hydrogens (tertiary/aromatic N) is 3. The molecule has 39 heavy (non-hydrogen) atoms. The SMILES string of the molecule is Cc1nc(N[C@H](C)c2cc(N)cc(C(F)(F)F)c2)c2cc(O[C@H]3CCN(C(=O)OC(C)(C)C)C3)c(C)cc2n1. The van der Waals surface area contributed by atoms with E-state index in [1.807, 2.05) is 39.8 Å². The van der Waals surface area contributed by atoms with E-state index in [-0.39, 0.29) is 17.9 Å². The van der Waals surface area contributed by atoms with E-state index in [0.717, 1.165) is 17.7 Å². The minimum atomic E-state index is -4.51. The molecule has 210 valence electrons. The predicted molar refractivity (Wildman–Crippen MR) is 144 cm³/mol. The number of nitrogen functional groups attached to an aromatic ring is 1. The first-order chi connectivity index (χ1) is 18.1. The third-order valence-electron chi connectivity index (χ3n) is 6.35. The second-order valence-electron chi connectivity index (χ2n) is 11.0. The molecule has 0 unspecified atom stereocenters. The summed E-state index contributed by atoms with van der Waals surface area (Å²) >= 11 is 0. The Balaban J connectivity index is 1.58. The van der Waals surface area contributed by atoms with Crippen LogP contribution in [-0.2, 0) is 10.9 Å². The zero-order chi connectivity index (χ0) is 28.7. The summed E-state index contributed by atoms with van der Waals surface area (Å²) in [5.41, 5.74) is 6.33. The number of benzene rings is 2. The quantitative estimate of drug-likeness (QED) is 0.357. The predicted octanol–water partition coefficient (Wildman–Crippen LogP) is 6.41. The summed E-state index contributed by atoms with van der Waals surface area (Å²) in [6.07, 6.45) is -4.45. The fourth-order valence-electron chi connectivity index (χ4n) is 4.49. The summed E-state index contributed by atoms with van der Waals surface area (Å²) in [6, 6.07) is 6.70. The number of aromatic nitrogens is 2. The fraction of sp³-hybridized carbons (Fsp3) is 0.464. The van der Waals surface area contributed by atoms with E-state index in [9.17, 15) is 18.0 Å². The third kappa shape index (κ3) is 6.82. The Bertz CT molecular complexity index is 1390. The van der Waals surface area contributed by atoms with E-state index in [4.69, 9.17) is 15.2 Å².